The molecule has 86 valence electrons. The quantitative estimate of drug-likeness (QED) is 0.692. The van der Waals surface area contributed by atoms with Gasteiger partial charge >= 0.3 is 0 Å². The highest BCUT2D eigenvalue weighted by molar-refractivity contribution is 5.85. The molecule has 0 aliphatic carbocycles. The van der Waals surface area contributed by atoms with Gasteiger partial charge < -0.3 is 14.8 Å². The highest BCUT2D eigenvalue weighted by atomic mass is 35.5. The molecule has 1 fully saturated rings. The van der Waals surface area contributed by atoms with E-state index >= 15 is 0 Å². The van der Waals surface area contributed by atoms with Crippen LogP contribution in [0.4, 0.5) is 0 Å². The van der Waals surface area contributed by atoms with E-state index in [1.54, 1.807) is 7.11 Å². The third-order valence-electron chi connectivity index (χ3n) is 2.39. The largest absolute Gasteiger partial charge is 0.385 e. The number of ether oxygens (including phenoxy) is 2. The molecule has 0 aromatic carbocycles. The lowest BCUT2D eigenvalue weighted by atomic mass is 10.0. The van der Waals surface area contributed by atoms with Gasteiger partial charge in [0.25, 0.3) is 0 Å². The minimum atomic E-state index is 0. The lowest BCUT2D eigenvalue weighted by Crippen LogP contribution is -2.32. The first kappa shape index (κ1) is 14.2. The van der Waals surface area contributed by atoms with Gasteiger partial charge in [0.15, 0.2) is 0 Å². The topological polar surface area (TPSA) is 30.5 Å². The van der Waals surface area contributed by atoms with E-state index in [1.165, 1.54) is 19.4 Å². The molecule has 0 saturated carbocycles. The lowest BCUT2D eigenvalue weighted by molar-refractivity contribution is 0.0719. The van der Waals surface area contributed by atoms with Crippen molar-refractivity contribution in [2.45, 2.75) is 19.3 Å². The van der Waals surface area contributed by atoms with E-state index in [4.69, 9.17) is 9.47 Å². The van der Waals surface area contributed by atoms with E-state index in [1.807, 2.05) is 0 Å². The Morgan fingerprint density at radius 3 is 2.86 bits per heavy atom. The van der Waals surface area contributed by atoms with Gasteiger partial charge in [-0.25, -0.2) is 0 Å². The third kappa shape index (κ3) is 6.60. The van der Waals surface area contributed by atoms with Crippen molar-refractivity contribution >= 4 is 12.4 Å². The summed E-state index contributed by atoms with van der Waals surface area (Å²) in [4.78, 5) is 0. The second-order valence-corrected chi connectivity index (χ2v) is 3.63. The first-order chi connectivity index (χ1) is 6.43. The fraction of sp³-hybridized carbons (Fsp3) is 1.00. The Bertz CT molecular complexity index is 119. The zero-order valence-electron chi connectivity index (χ0n) is 8.96. The summed E-state index contributed by atoms with van der Waals surface area (Å²) in [6, 6.07) is 0. The summed E-state index contributed by atoms with van der Waals surface area (Å²) in [6.07, 6.45) is 3.63. The van der Waals surface area contributed by atoms with Crippen molar-refractivity contribution in [3.63, 3.8) is 0 Å². The molecule has 1 unspecified atom stereocenters. The number of piperidine rings is 1. The maximum Gasteiger partial charge on any atom is 0.0506 e. The number of rotatable bonds is 6. The normalized spacial score (nSPS) is 21.6. The average Bonchev–Trinajstić information content (AvgIpc) is 2.19. The Balaban J connectivity index is 0.00000169. The number of halogens is 1. The fourth-order valence-corrected chi connectivity index (χ4v) is 1.62. The van der Waals surface area contributed by atoms with Crippen LogP contribution in [0.3, 0.4) is 0 Å². The Hall–Kier alpha value is 0.170. The van der Waals surface area contributed by atoms with E-state index in [0.29, 0.717) is 0 Å². The van der Waals surface area contributed by atoms with Crippen LogP contribution >= 0.6 is 12.4 Å². The summed E-state index contributed by atoms with van der Waals surface area (Å²) < 4.78 is 10.5. The summed E-state index contributed by atoms with van der Waals surface area (Å²) in [5.41, 5.74) is 0. The van der Waals surface area contributed by atoms with Gasteiger partial charge in [-0.2, -0.15) is 0 Å². The first-order valence-electron chi connectivity index (χ1n) is 5.21. The molecule has 1 atom stereocenters. The van der Waals surface area contributed by atoms with Crippen molar-refractivity contribution < 1.29 is 9.47 Å². The van der Waals surface area contributed by atoms with E-state index < -0.39 is 0 Å². The van der Waals surface area contributed by atoms with E-state index in [9.17, 15) is 0 Å². The number of hydrogen-bond donors (Lipinski definition) is 1. The van der Waals surface area contributed by atoms with Crippen molar-refractivity contribution in [2.24, 2.45) is 5.92 Å². The van der Waals surface area contributed by atoms with E-state index in [0.717, 1.165) is 38.7 Å². The molecule has 4 heteroatoms. The van der Waals surface area contributed by atoms with Crippen LogP contribution in [0, 0.1) is 5.92 Å². The molecule has 14 heavy (non-hydrogen) atoms. The number of nitrogens with one attached hydrogen (secondary N) is 1. The molecule has 1 N–H and O–H groups in total. The highest BCUT2D eigenvalue weighted by Crippen LogP contribution is 2.09. The molecule has 0 radical (unpaired) electrons. The Kier molecular flexibility index (Phi) is 9.83. The molecule has 1 aliphatic rings. The minimum Gasteiger partial charge on any atom is -0.385 e. The van der Waals surface area contributed by atoms with Gasteiger partial charge in [0.2, 0.25) is 0 Å². The van der Waals surface area contributed by atoms with E-state index in [-0.39, 0.29) is 12.4 Å². The smallest absolute Gasteiger partial charge is 0.0506 e. The van der Waals surface area contributed by atoms with Crippen LogP contribution in [0.2, 0.25) is 0 Å². The van der Waals surface area contributed by atoms with Crippen molar-refractivity contribution in [3.8, 4) is 0 Å². The predicted octanol–water partition coefficient (Wildman–Crippen LogP) is 1.46. The van der Waals surface area contributed by atoms with Crippen LogP contribution in [0.15, 0.2) is 0 Å². The summed E-state index contributed by atoms with van der Waals surface area (Å²) in [7, 11) is 1.73. The van der Waals surface area contributed by atoms with E-state index in [2.05, 4.69) is 5.32 Å². The molecule has 0 aromatic heterocycles. The molecule has 1 heterocycles. The molecule has 1 rings (SSSR count). The SMILES string of the molecule is COCCCOCC1CCCNC1.Cl. The van der Waals surface area contributed by atoms with Crippen molar-refractivity contribution in [2.75, 3.05) is 40.0 Å². The third-order valence-corrected chi connectivity index (χ3v) is 2.39. The predicted molar refractivity (Wildman–Crippen MR) is 60.2 cm³/mol. The molecule has 3 nitrogen and oxygen atoms in total. The summed E-state index contributed by atoms with van der Waals surface area (Å²) in [6.45, 7) is 4.87. The Labute approximate surface area is 92.9 Å². The second kappa shape index (κ2) is 9.71. The highest BCUT2D eigenvalue weighted by Gasteiger charge is 2.12. The second-order valence-electron chi connectivity index (χ2n) is 3.63. The summed E-state index contributed by atoms with van der Waals surface area (Å²) >= 11 is 0. The molecule has 0 spiro atoms. The van der Waals surface area contributed by atoms with Gasteiger partial charge in [-0.05, 0) is 31.7 Å². The van der Waals surface area contributed by atoms with Gasteiger partial charge in [0.1, 0.15) is 0 Å². The maximum atomic E-state index is 5.56. The number of methoxy groups -OCH3 is 1. The average molecular weight is 224 g/mol. The molecule has 1 saturated heterocycles. The zero-order chi connectivity index (χ0) is 9.36. The van der Waals surface area contributed by atoms with Gasteiger partial charge in [0, 0.05) is 26.9 Å². The van der Waals surface area contributed by atoms with Crippen LogP contribution in [0.1, 0.15) is 19.3 Å². The molecule has 0 aromatic rings. The Morgan fingerprint density at radius 2 is 2.21 bits per heavy atom. The van der Waals surface area contributed by atoms with Gasteiger partial charge in [-0.1, -0.05) is 0 Å². The number of hydrogen-bond acceptors (Lipinski definition) is 3. The molecule has 0 bridgehead atoms. The molecule has 0 amide bonds. The van der Waals surface area contributed by atoms with Crippen molar-refractivity contribution in [1.29, 1.82) is 0 Å². The molecular formula is C10H22ClNO2. The summed E-state index contributed by atoms with van der Waals surface area (Å²) in [5, 5.41) is 3.38. The summed E-state index contributed by atoms with van der Waals surface area (Å²) in [5.74, 6) is 0.733. The van der Waals surface area contributed by atoms with Crippen molar-refractivity contribution in [3.05, 3.63) is 0 Å². The van der Waals surface area contributed by atoms with Crippen LogP contribution in [-0.2, 0) is 9.47 Å². The Morgan fingerprint density at radius 1 is 1.36 bits per heavy atom. The van der Waals surface area contributed by atoms with Gasteiger partial charge in [-0.15, -0.1) is 12.4 Å². The fourth-order valence-electron chi connectivity index (χ4n) is 1.62. The van der Waals surface area contributed by atoms with Gasteiger partial charge in [0.05, 0.1) is 6.61 Å². The van der Waals surface area contributed by atoms with Crippen LogP contribution in [0.5, 0.6) is 0 Å². The monoisotopic (exact) mass is 223 g/mol. The van der Waals surface area contributed by atoms with Crippen LogP contribution < -0.4 is 5.32 Å². The molecular weight excluding hydrogens is 202 g/mol. The zero-order valence-corrected chi connectivity index (χ0v) is 9.78. The first-order valence-corrected chi connectivity index (χ1v) is 5.21. The van der Waals surface area contributed by atoms with Crippen LogP contribution in [-0.4, -0.2) is 40.0 Å². The molecule has 1 aliphatic heterocycles. The lowest BCUT2D eigenvalue weighted by Gasteiger charge is -2.22. The van der Waals surface area contributed by atoms with Crippen molar-refractivity contribution in [1.82, 2.24) is 5.32 Å². The standard InChI is InChI=1S/C10H21NO2.ClH/c1-12-6-3-7-13-9-10-4-2-5-11-8-10;/h10-11H,2-9H2,1H3;1H. The minimum absolute atomic E-state index is 0. The van der Waals surface area contributed by atoms with Crippen LogP contribution in [0.25, 0.3) is 0 Å². The van der Waals surface area contributed by atoms with Gasteiger partial charge in [-0.3, -0.25) is 0 Å². The maximum absolute atomic E-state index is 5.56.